The summed E-state index contributed by atoms with van der Waals surface area (Å²) in [5, 5.41) is 5.17. The average Bonchev–Trinajstić information content (AvgIpc) is 3.08. The van der Waals surface area contributed by atoms with E-state index in [9.17, 15) is 4.79 Å². The van der Waals surface area contributed by atoms with Crippen molar-refractivity contribution >= 4 is 10.9 Å². The molecule has 6 nitrogen and oxygen atoms in total. The molecule has 0 atom stereocenters. The SMILES string of the molecule is CCOc1ccc2[nH]c(=O)c(CN(C)CCn3cccn3)cc2c1. The fraction of sp³-hybridized carbons (Fsp3) is 0.333. The fourth-order valence-corrected chi connectivity index (χ4v) is 2.68. The largest absolute Gasteiger partial charge is 0.494 e. The van der Waals surface area contributed by atoms with Gasteiger partial charge in [-0.2, -0.15) is 5.10 Å². The average molecular weight is 326 g/mol. The van der Waals surface area contributed by atoms with E-state index >= 15 is 0 Å². The van der Waals surface area contributed by atoms with Gasteiger partial charge in [-0.15, -0.1) is 0 Å². The second kappa shape index (κ2) is 7.31. The maximum Gasteiger partial charge on any atom is 0.252 e. The number of rotatable bonds is 7. The van der Waals surface area contributed by atoms with E-state index < -0.39 is 0 Å². The predicted molar refractivity (Wildman–Crippen MR) is 94.3 cm³/mol. The van der Waals surface area contributed by atoms with E-state index in [-0.39, 0.29) is 5.56 Å². The molecule has 6 heteroatoms. The van der Waals surface area contributed by atoms with Gasteiger partial charge in [0.15, 0.2) is 0 Å². The molecule has 0 radical (unpaired) electrons. The molecule has 0 bridgehead atoms. The summed E-state index contributed by atoms with van der Waals surface area (Å²) in [4.78, 5) is 17.3. The van der Waals surface area contributed by atoms with Crippen LogP contribution in [0.15, 0.2) is 47.5 Å². The van der Waals surface area contributed by atoms with E-state index in [1.807, 2.05) is 55.2 Å². The third kappa shape index (κ3) is 3.83. The molecule has 0 aliphatic carbocycles. The van der Waals surface area contributed by atoms with Crippen LogP contribution >= 0.6 is 0 Å². The van der Waals surface area contributed by atoms with Crippen LogP contribution in [0.5, 0.6) is 5.75 Å². The summed E-state index contributed by atoms with van der Waals surface area (Å²) in [7, 11) is 2.00. The number of pyridine rings is 1. The van der Waals surface area contributed by atoms with Gasteiger partial charge in [-0.1, -0.05) is 0 Å². The minimum Gasteiger partial charge on any atom is -0.494 e. The van der Waals surface area contributed by atoms with Gasteiger partial charge in [0.1, 0.15) is 5.75 Å². The van der Waals surface area contributed by atoms with Gasteiger partial charge in [0, 0.05) is 41.9 Å². The minimum absolute atomic E-state index is 0.0439. The highest BCUT2D eigenvalue weighted by Gasteiger charge is 2.07. The van der Waals surface area contributed by atoms with Gasteiger partial charge in [0.05, 0.1) is 13.2 Å². The molecule has 0 amide bonds. The zero-order valence-electron chi connectivity index (χ0n) is 14.0. The van der Waals surface area contributed by atoms with Crippen LogP contribution in [0.4, 0.5) is 0 Å². The Bertz CT molecular complexity index is 855. The molecule has 0 unspecified atom stereocenters. The van der Waals surface area contributed by atoms with Gasteiger partial charge in [-0.25, -0.2) is 0 Å². The number of aromatic nitrogens is 3. The van der Waals surface area contributed by atoms with E-state index in [0.717, 1.165) is 35.3 Å². The van der Waals surface area contributed by atoms with Crippen molar-refractivity contribution in [1.82, 2.24) is 19.7 Å². The number of hydrogen-bond acceptors (Lipinski definition) is 4. The predicted octanol–water partition coefficient (Wildman–Crippen LogP) is 2.26. The van der Waals surface area contributed by atoms with Crippen molar-refractivity contribution in [2.75, 3.05) is 20.2 Å². The van der Waals surface area contributed by atoms with Crippen molar-refractivity contribution in [3.63, 3.8) is 0 Å². The second-order valence-corrected chi connectivity index (χ2v) is 5.81. The number of benzene rings is 1. The zero-order chi connectivity index (χ0) is 16.9. The first-order valence-corrected chi connectivity index (χ1v) is 8.10. The van der Waals surface area contributed by atoms with Gasteiger partial charge in [-0.05, 0) is 44.3 Å². The lowest BCUT2D eigenvalue weighted by Gasteiger charge is -2.16. The molecule has 3 aromatic rings. The third-order valence-corrected chi connectivity index (χ3v) is 3.91. The lowest BCUT2D eigenvalue weighted by Crippen LogP contribution is -2.26. The van der Waals surface area contributed by atoms with E-state index in [0.29, 0.717) is 13.2 Å². The summed E-state index contributed by atoms with van der Waals surface area (Å²) in [5.74, 6) is 0.815. The molecular formula is C18H22N4O2. The molecule has 3 rings (SSSR count). The number of ether oxygens (including phenoxy) is 1. The summed E-state index contributed by atoms with van der Waals surface area (Å²) >= 11 is 0. The first-order chi connectivity index (χ1) is 11.7. The topological polar surface area (TPSA) is 63.2 Å². The molecule has 0 fully saturated rings. The molecule has 0 saturated carbocycles. The van der Waals surface area contributed by atoms with Crippen LogP contribution in [0.3, 0.4) is 0 Å². The molecule has 0 spiro atoms. The molecule has 24 heavy (non-hydrogen) atoms. The highest BCUT2D eigenvalue weighted by atomic mass is 16.5. The zero-order valence-corrected chi connectivity index (χ0v) is 14.0. The Balaban J connectivity index is 1.75. The van der Waals surface area contributed by atoms with Gasteiger partial charge in [0.25, 0.3) is 5.56 Å². The summed E-state index contributed by atoms with van der Waals surface area (Å²) in [6.45, 7) is 4.78. The Morgan fingerprint density at radius 2 is 2.21 bits per heavy atom. The third-order valence-electron chi connectivity index (χ3n) is 3.91. The molecule has 1 N–H and O–H groups in total. The maximum absolute atomic E-state index is 12.3. The van der Waals surface area contributed by atoms with Crippen LogP contribution in [0.25, 0.3) is 10.9 Å². The van der Waals surface area contributed by atoms with Crippen molar-refractivity contribution in [3.8, 4) is 5.75 Å². The van der Waals surface area contributed by atoms with Crippen molar-refractivity contribution < 1.29 is 4.74 Å². The molecule has 126 valence electrons. The standard InChI is InChI=1S/C18H22N4O2/c1-3-24-16-5-6-17-14(12-16)11-15(18(23)20-17)13-21(2)9-10-22-8-4-7-19-22/h4-8,11-12H,3,9-10,13H2,1-2H3,(H,20,23). The summed E-state index contributed by atoms with van der Waals surface area (Å²) in [6.07, 6.45) is 3.70. The Kier molecular flexibility index (Phi) is 4.96. The van der Waals surface area contributed by atoms with Crippen LogP contribution in [-0.4, -0.2) is 39.9 Å². The molecule has 1 aromatic carbocycles. The highest BCUT2D eigenvalue weighted by molar-refractivity contribution is 5.80. The number of nitrogens with zero attached hydrogens (tertiary/aromatic N) is 3. The molecule has 0 aliphatic heterocycles. The quantitative estimate of drug-likeness (QED) is 0.723. The van der Waals surface area contributed by atoms with Crippen molar-refractivity contribution in [1.29, 1.82) is 0 Å². The number of aromatic amines is 1. The molecular weight excluding hydrogens is 304 g/mol. The number of likely N-dealkylation sites (N-methyl/N-ethyl adjacent to an activating group) is 1. The number of hydrogen-bond donors (Lipinski definition) is 1. The Labute approximate surface area is 140 Å². The second-order valence-electron chi connectivity index (χ2n) is 5.81. The van der Waals surface area contributed by atoms with Gasteiger partial charge < -0.3 is 14.6 Å². The Morgan fingerprint density at radius 3 is 2.96 bits per heavy atom. The number of H-pyrrole nitrogens is 1. The van der Waals surface area contributed by atoms with Crippen LogP contribution < -0.4 is 10.3 Å². The number of fused-ring (bicyclic) bond motifs is 1. The lowest BCUT2D eigenvalue weighted by atomic mass is 10.1. The van der Waals surface area contributed by atoms with Crippen LogP contribution in [-0.2, 0) is 13.1 Å². The molecule has 0 aliphatic rings. The van der Waals surface area contributed by atoms with Crippen LogP contribution in [0.1, 0.15) is 12.5 Å². The van der Waals surface area contributed by atoms with Crippen LogP contribution in [0, 0.1) is 0 Å². The smallest absolute Gasteiger partial charge is 0.252 e. The lowest BCUT2D eigenvalue weighted by molar-refractivity contribution is 0.304. The van der Waals surface area contributed by atoms with E-state index in [2.05, 4.69) is 15.0 Å². The van der Waals surface area contributed by atoms with E-state index in [1.54, 1.807) is 6.20 Å². The van der Waals surface area contributed by atoms with E-state index in [4.69, 9.17) is 4.74 Å². The first-order valence-electron chi connectivity index (χ1n) is 8.10. The maximum atomic E-state index is 12.3. The normalized spacial score (nSPS) is 11.3. The van der Waals surface area contributed by atoms with Gasteiger partial charge in [0.2, 0.25) is 0 Å². The highest BCUT2D eigenvalue weighted by Crippen LogP contribution is 2.19. The summed E-state index contributed by atoms with van der Waals surface area (Å²) in [6, 6.07) is 9.57. The van der Waals surface area contributed by atoms with E-state index in [1.165, 1.54) is 0 Å². The van der Waals surface area contributed by atoms with Crippen molar-refractivity contribution in [2.24, 2.45) is 0 Å². The summed E-state index contributed by atoms with van der Waals surface area (Å²) in [5.41, 5.74) is 1.53. The Hall–Kier alpha value is -2.60. The molecule has 2 heterocycles. The Morgan fingerprint density at radius 1 is 1.33 bits per heavy atom. The van der Waals surface area contributed by atoms with Gasteiger partial charge in [-0.3, -0.25) is 9.48 Å². The van der Waals surface area contributed by atoms with Crippen LogP contribution in [0.2, 0.25) is 0 Å². The molecule has 0 saturated heterocycles. The monoisotopic (exact) mass is 326 g/mol. The summed E-state index contributed by atoms with van der Waals surface area (Å²) < 4.78 is 7.42. The van der Waals surface area contributed by atoms with Crippen molar-refractivity contribution in [2.45, 2.75) is 20.0 Å². The fourth-order valence-electron chi connectivity index (χ4n) is 2.68. The van der Waals surface area contributed by atoms with Crippen molar-refractivity contribution in [3.05, 3.63) is 58.6 Å². The van der Waals surface area contributed by atoms with Gasteiger partial charge >= 0.3 is 0 Å². The first kappa shape index (κ1) is 16.3. The minimum atomic E-state index is -0.0439. The number of nitrogens with one attached hydrogen (secondary N) is 1. The molecule has 2 aromatic heterocycles.